The van der Waals surface area contributed by atoms with Gasteiger partial charge in [-0.1, -0.05) is 43.7 Å². The fourth-order valence-electron chi connectivity index (χ4n) is 2.59. The molecule has 108 valence electrons. The Morgan fingerprint density at radius 1 is 1.30 bits per heavy atom. The number of benzene rings is 1. The van der Waals surface area contributed by atoms with E-state index in [4.69, 9.17) is 0 Å². The summed E-state index contributed by atoms with van der Waals surface area (Å²) in [7, 11) is 0. The lowest BCUT2D eigenvalue weighted by Crippen LogP contribution is -2.48. The Balaban J connectivity index is 2.15. The van der Waals surface area contributed by atoms with Gasteiger partial charge in [-0.25, -0.2) is 0 Å². The average molecular weight is 275 g/mol. The number of rotatable bonds is 6. The van der Waals surface area contributed by atoms with Crippen molar-refractivity contribution in [3.05, 3.63) is 35.9 Å². The molecule has 0 saturated heterocycles. The van der Waals surface area contributed by atoms with E-state index >= 15 is 0 Å². The number of carbonyl (C=O) groups excluding carboxylic acids is 1. The Labute approximate surface area is 119 Å². The molecule has 1 amide bonds. The largest absolute Gasteiger partial charge is 0.481 e. The van der Waals surface area contributed by atoms with Gasteiger partial charge >= 0.3 is 5.97 Å². The quantitative estimate of drug-likeness (QED) is 0.837. The van der Waals surface area contributed by atoms with Crippen molar-refractivity contribution in [2.24, 2.45) is 5.92 Å². The molecule has 2 N–H and O–H groups in total. The Kier molecular flexibility index (Phi) is 4.42. The van der Waals surface area contributed by atoms with Crippen LogP contribution in [-0.2, 0) is 15.0 Å². The minimum atomic E-state index is -1.04. The highest BCUT2D eigenvalue weighted by molar-refractivity contribution is 5.84. The highest BCUT2D eigenvalue weighted by atomic mass is 16.4. The Hall–Kier alpha value is -1.84. The van der Waals surface area contributed by atoms with Gasteiger partial charge in [0.05, 0.1) is 0 Å². The highest BCUT2D eigenvalue weighted by Crippen LogP contribution is 2.29. The average Bonchev–Trinajstić information content (AvgIpc) is 2.39. The van der Waals surface area contributed by atoms with Crippen LogP contribution in [0.15, 0.2) is 30.3 Å². The molecule has 0 spiro atoms. The summed E-state index contributed by atoms with van der Waals surface area (Å²) in [6, 6.07) is 9.14. The number of amides is 1. The Bertz CT molecular complexity index is 482. The van der Waals surface area contributed by atoms with Crippen LogP contribution >= 0.6 is 0 Å². The second-order valence-electron chi connectivity index (χ2n) is 5.45. The zero-order chi connectivity index (χ0) is 14.6. The van der Waals surface area contributed by atoms with Gasteiger partial charge in [-0.2, -0.15) is 0 Å². The lowest BCUT2D eigenvalue weighted by atomic mass is 9.77. The van der Waals surface area contributed by atoms with Crippen LogP contribution in [0.25, 0.3) is 0 Å². The fraction of sp³-hybridized carbons (Fsp3) is 0.500. The van der Waals surface area contributed by atoms with Gasteiger partial charge in [-0.15, -0.1) is 0 Å². The van der Waals surface area contributed by atoms with Crippen molar-refractivity contribution in [2.75, 3.05) is 6.54 Å². The second-order valence-corrected chi connectivity index (χ2v) is 5.45. The molecule has 1 aliphatic rings. The van der Waals surface area contributed by atoms with Gasteiger partial charge in [-0.3, -0.25) is 9.59 Å². The van der Waals surface area contributed by atoms with Crippen LogP contribution in [0.1, 0.15) is 38.2 Å². The van der Waals surface area contributed by atoms with Crippen LogP contribution in [0.4, 0.5) is 0 Å². The van der Waals surface area contributed by atoms with Gasteiger partial charge in [0.25, 0.3) is 0 Å². The molecular formula is C16H21NO3. The Morgan fingerprint density at radius 2 is 1.95 bits per heavy atom. The maximum atomic E-state index is 11.9. The first-order valence-corrected chi connectivity index (χ1v) is 7.17. The molecule has 1 aliphatic carbocycles. The zero-order valence-electron chi connectivity index (χ0n) is 11.8. The van der Waals surface area contributed by atoms with Gasteiger partial charge in [0.2, 0.25) is 5.91 Å². The van der Waals surface area contributed by atoms with Crippen molar-refractivity contribution in [1.82, 2.24) is 5.32 Å². The molecule has 4 heteroatoms. The number of carboxylic acids is 1. The predicted molar refractivity (Wildman–Crippen MR) is 76.4 cm³/mol. The molecule has 0 bridgehead atoms. The number of hydrogen-bond acceptors (Lipinski definition) is 2. The minimum absolute atomic E-state index is 0.00810. The predicted octanol–water partition coefficient (Wildman–Crippen LogP) is 2.34. The molecule has 0 radical (unpaired) electrons. The van der Waals surface area contributed by atoms with Gasteiger partial charge in [0, 0.05) is 12.5 Å². The van der Waals surface area contributed by atoms with E-state index in [1.54, 1.807) is 0 Å². The van der Waals surface area contributed by atoms with E-state index in [0.29, 0.717) is 6.42 Å². The van der Waals surface area contributed by atoms with E-state index in [9.17, 15) is 14.7 Å². The summed E-state index contributed by atoms with van der Waals surface area (Å²) in [6.07, 6.45) is 3.37. The van der Waals surface area contributed by atoms with Crippen LogP contribution in [-0.4, -0.2) is 23.5 Å². The molecule has 1 fully saturated rings. The third-order valence-corrected chi connectivity index (χ3v) is 4.38. The molecule has 4 nitrogen and oxygen atoms in total. The van der Waals surface area contributed by atoms with Crippen LogP contribution < -0.4 is 5.32 Å². The van der Waals surface area contributed by atoms with Crippen molar-refractivity contribution >= 4 is 11.9 Å². The SMILES string of the molecule is CCC(CNC(=O)C1CCC1)(C(=O)O)c1ccccc1. The van der Waals surface area contributed by atoms with Gasteiger partial charge in [0.15, 0.2) is 0 Å². The van der Waals surface area contributed by atoms with Crippen molar-refractivity contribution in [3.8, 4) is 0 Å². The summed E-state index contributed by atoms with van der Waals surface area (Å²) < 4.78 is 0. The summed E-state index contributed by atoms with van der Waals surface area (Å²) in [5.74, 6) is -0.819. The fourth-order valence-corrected chi connectivity index (χ4v) is 2.59. The maximum absolute atomic E-state index is 11.9. The molecule has 1 aromatic rings. The number of hydrogen-bond donors (Lipinski definition) is 2. The molecule has 1 atom stereocenters. The van der Waals surface area contributed by atoms with E-state index in [1.807, 2.05) is 37.3 Å². The van der Waals surface area contributed by atoms with Crippen molar-refractivity contribution in [1.29, 1.82) is 0 Å². The molecule has 0 aromatic heterocycles. The summed E-state index contributed by atoms with van der Waals surface area (Å²) in [5, 5.41) is 12.5. The molecular weight excluding hydrogens is 254 g/mol. The number of aliphatic carboxylic acids is 1. The van der Waals surface area contributed by atoms with Crippen molar-refractivity contribution < 1.29 is 14.7 Å². The van der Waals surface area contributed by atoms with Crippen molar-refractivity contribution in [2.45, 2.75) is 38.0 Å². The molecule has 20 heavy (non-hydrogen) atoms. The topological polar surface area (TPSA) is 66.4 Å². The van der Waals surface area contributed by atoms with E-state index in [-0.39, 0.29) is 18.4 Å². The van der Waals surface area contributed by atoms with Crippen LogP contribution in [0, 0.1) is 5.92 Å². The summed E-state index contributed by atoms with van der Waals surface area (Å²) in [5.41, 5.74) is -0.301. The standard InChI is InChI=1S/C16H21NO3/c1-2-16(15(19)20,13-9-4-3-5-10-13)11-17-14(18)12-7-6-8-12/h3-5,9-10,12H,2,6-8,11H2,1H3,(H,17,18)(H,19,20). The molecule has 0 heterocycles. The van der Waals surface area contributed by atoms with Crippen LogP contribution in [0.2, 0.25) is 0 Å². The molecule has 2 rings (SSSR count). The number of carboxylic acid groups (broad SMARTS) is 1. The number of nitrogens with one attached hydrogen (secondary N) is 1. The third kappa shape index (κ3) is 2.69. The van der Waals surface area contributed by atoms with E-state index < -0.39 is 11.4 Å². The second kappa shape index (κ2) is 6.07. The van der Waals surface area contributed by atoms with Crippen molar-refractivity contribution in [3.63, 3.8) is 0 Å². The molecule has 1 unspecified atom stereocenters. The van der Waals surface area contributed by atoms with E-state index in [1.165, 1.54) is 0 Å². The van der Waals surface area contributed by atoms with Gasteiger partial charge in [0.1, 0.15) is 5.41 Å². The summed E-state index contributed by atoms with van der Waals surface area (Å²) >= 11 is 0. The number of carbonyl (C=O) groups is 2. The Morgan fingerprint density at radius 3 is 2.40 bits per heavy atom. The van der Waals surface area contributed by atoms with Gasteiger partial charge < -0.3 is 10.4 Å². The lowest BCUT2D eigenvalue weighted by molar-refractivity contribution is -0.144. The zero-order valence-corrected chi connectivity index (χ0v) is 11.8. The lowest BCUT2D eigenvalue weighted by Gasteiger charge is -2.31. The normalized spacial score (nSPS) is 17.9. The maximum Gasteiger partial charge on any atom is 0.315 e. The first-order valence-electron chi connectivity index (χ1n) is 7.17. The molecule has 1 saturated carbocycles. The first-order chi connectivity index (χ1) is 9.60. The van der Waals surface area contributed by atoms with Crippen LogP contribution in [0.3, 0.4) is 0 Å². The van der Waals surface area contributed by atoms with Crippen LogP contribution in [0.5, 0.6) is 0 Å². The monoisotopic (exact) mass is 275 g/mol. The minimum Gasteiger partial charge on any atom is -0.481 e. The smallest absolute Gasteiger partial charge is 0.315 e. The summed E-state index contributed by atoms with van der Waals surface area (Å²) in [4.78, 5) is 23.7. The molecule has 0 aliphatic heterocycles. The summed E-state index contributed by atoms with van der Waals surface area (Å²) in [6.45, 7) is 1.99. The highest BCUT2D eigenvalue weighted by Gasteiger charge is 2.39. The van der Waals surface area contributed by atoms with E-state index in [0.717, 1.165) is 24.8 Å². The van der Waals surface area contributed by atoms with Gasteiger partial charge in [-0.05, 0) is 24.8 Å². The third-order valence-electron chi connectivity index (χ3n) is 4.38. The van der Waals surface area contributed by atoms with E-state index in [2.05, 4.69) is 5.32 Å². The molecule has 1 aromatic carbocycles. The first kappa shape index (κ1) is 14.6.